The zero-order valence-corrected chi connectivity index (χ0v) is 31.4. The molecule has 4 rings (SSSR count). The van der Waals surface area contributed by atoms with Crippen LogP contribution in [0.1, 0.15) is 59.9 Å². The maximum absolute atomic E-state index is 14.2. The minimum atomic E-state index is -1.11. The summed E-state index contributed by atoms with van der Waals surface area (Å²) in [5, 5.41) is 20.2. The van der Waals surface area contributed by atoms with Crippen LogP contribution in [0.15, 0.2) is 18.2 Å². The molecule has 1 aromatic heterocycles. The number of rotatable bonds is 17. The molecule has 0 spiro atoms. The van der Waals surface area contributed by atoms with Crippen molar-refractivity contribution < 1.29 is 43.3 Å². The Hall–Kier alpha value is -4.12. The standard InChI is InChI=1S/C35H53N7O9.ClH/c1-23(36-2)31(43)39-29(24-8-6-5-7-9-24)33(45)41-14-16-42(17-15-41)34(46)30-28(26-11-10-25(49-4)22-27(26)40(30)3)32(44)37-12-18-50-20-21-51-19-13-38-35(47)48;/h10-11,22-24,29,36,38H,5-9,12-21H2,1-4H3,(H,37,44)(H,39,43)(H,47,48);1H/t23-,29-;/m0./s1. The Morgan fingerprint density at radius 1 is 0.904 bits per heavy atom. The van der Waals surface area contributed by atoms with Gasteiger partial charge in [-0.05, 0) is 44.9 Å². The summed E-state index contributed by atoms with van der Waals surface area (Å²) >= 11 is 0. The van der Waals surface area contributed by atoms with E-state index in [-0.39, 0.29) is 99.9 Å². The maximum atomic E-state index is 14.2. The number of aromatic nitrogens is 1. The van der Waals surface area contributed by atoms with Gasteiger partial charge in [0.15, 0.2) is 0 Å². The first kappa shape index (κ1) is 42.3. The fraction of sp³-hybridized carbons (Fsp3) is 0.629. The van der Waals surface area contributed by atoms with E-state index in [1.165, 1.54) is 0 Å². The molecule has 52 heavy (non-hydrogen) atoms. The molecule has 2 aliphatic rings. The van der Waals surface area contributed by atoms with Crippen LogP contribution in [0.25, 0.3) is 10.9 Å². The topological polar surface area (TPSA) is 193 Å². The third kappa shape index (κ3) is 10.9. The van der Waals surface area contributed by atoms with Gasteiger partial charge in [-0.25, -0.2) is 4.79 Å². The summed E-state index contributed by atoms with van der Waals surface area (Å²) in [5.74, 6) is -0.429. The lowest BCUT2D eigenvalue weighted by Gasteiger charge is -2.39. The van der Waals surface area contributed by atoms with Gasteiger partial charge in [-0.1, -0.05) is 19.3 Å². The number of carboxylic acid groups (broad SMARTS) is 1. The van der Waals surface area contributed by atoms with Crippen LogP contribution in [0.5, 0.6) is 5.75 Å². The third-order valence-electron chi connectivity index (χ3n) is 9.65. The van der Waals surface area contributed by atoms with Crippen molar-refractivity contribution in [1.29, 1.82) is 0 Å². The molecule has 2 fully saturated rings. The second-order valence-electron chi connectivity index (χ2n) is 12.9. The Balaban J connectivity index is 0.00000729. The molecule has 1 saturated heterocycles. The van der Waals surface area contributed by atoms with Crippen molar-refractivity contribution in [3.8, 4) is 5.75 Å². The zero-order chi connectivity index (χ0) is 36.9. The minimum Gasteiger partial charge on any atom is -0.497 e. The number of nitrogens with zero attached hydrogens (tertiary/aromatic N) is 3. The molecule has 2 aromatic rings. The van der Waals surface area contributed by atoms with Crippen molar-refractivity contribution in [2.24, 2.45) is 13.0 Å². The predicted octanol–water partition coefficient (Wildman–Crippen LogP) is 1.60. The number of halogens is 1. The van der Waals surface area contributed by atoms with Crippen LogP contribution in [0.4, 0.5) is 4.79 Å². The van der Waals surface area contributed by atoms with Crippen molar-refractivity contribution >= 4 is 53.0 Å². The quantitative estimate of drug-likeness (QED) is 0.148. The summed E-state index contributed by atoms with van der Waals surface area (Å²) in [6.45, 7) is 4.24. The Kier molecular flexibility index (Phi) is 16.9. The molecule has 2 atom stereocenters. The largest absolute Gasteiger partial charge is 0.497 e. The number of fused-ring (bicyclic) bond motifs is 1. The molecule has 1 aromatic carbocycles. The summed E-state index contributed by atoms with van der Waals surface area (Å²) < 4.78 is 18.0. The van der Waals surface area contributed by atoms with Crippen molar-refractivity contribution in [1.82, 2.24) is 35.6 Å². The van der Waals surface area contributed by atoms with Crippen molar-refractivity contribution in [2.45, 2.75) is 51.1 Å². The average Bonchev–Trinajstić information content (AvgIpc) is 3.44. The molecule has 290 valence electrons. The number of hydrogen-bond donors (Lipinski definition) is 5. The van der Waals surface area contributed by atoms with E-state index < -0.39 is 24.1 Å². The number of piperazine rings is 1. The van der Waals surface area contributed by atoms with Crippen LogP contribution < -0.4 is 26.0 Å². The average molecular weight is 752 g/mol. The van der Waals surface area contributed by atoms with Gasteiger partial charge in [-0.15, -0.1) is 12.4 Å². The summed E-state index contributed by atoms with van der Waals surface area (Å²) in [6, 6.07) is 4.24. The first-order valence-corrected chi connectivity index (χ1v) is 17.7. The van der Waals surface area contributed by atoms with Gasteiger partial charge >= 0.3 is 6.09 Å². The number of carbonyl (C=O) groups is 5. The number of ether oxygens (including phenoxy) is 3. The van der Waals surface area contributed by atoms with Crippen LogP contribution >= 0.6 is 12.4 Å². The molecule has 5 N–H and O–H groups in total. The Morgan fingerprint density at radius 3 is 2.12 bits per heavy atom. The van der Waals surface area contributed by atoms with Crippen molar-refractivity contribution in [3.05, 3.63) is 29.5 Å². The number of hydrogen-bond acceptors (Lipinski definition) is 9. The molecule has 0 unspecified atom stereocenters. The molecule has 1 aliphatic carbocycles. The molecule has 5 amide bonds. The number of aryl methyl sites for hydroxylation is 1. The summed E-state index contributed by atoms with van der Waals surface area (Å²) in [5.41, 5.74) is 1.13. The van der Waals surface area contributed by atoms with Crippen LogP contribution in [-0.4, -0.2) is 141 Å². The molecule has 17 heteroatoms. The zero-order valence-electron chi connectivity index (χ0n) is 30.5. The van der Waals surface area contributed by atoms with E-state index in [1.807, 2.05) is 0 Å². The van der Waals surface area contributed by atoms with Crippen LogP contribution in [0.3, 0.4) is 0 Å². The van der Waals surface area contributed by atoms with Gasteiger partial charge in [-0.3, -0.25) is 19.2 Å². The third-order valence-corrected chi connectivity index (χ3v) is 9.65. The highest BCUT2D eigenvalue weighted by atomic mass is 35.5. The van der Waals surface area contributed by atoms with Crippen molar-refractivity contribution in [3.63, 3.8) is 0 Å². The van der Waals surface area contributed by atoms with E-state index in [2.05, 4.69) is 21.3 Å². The van der Waals surface area contributed by atoms with Gasteiger partial charge in [-0.2, -0.15) is 0 Å². The molecule has 0 radical (unpaired) electrons. The highest BCUT2D eigenvalue weighted by molar-refractivity contribution is 6.16. The number of benzene rings is 1. The van der Waals surface area contributed by atoms with E-state index in [1.54, 1.807) is 60.7 Å². The fourth-order valence-electron chi connectivity index (χ4n) is 6.63. The van der Waals surface area contributed by atoms with E-state index in [4.69, 9.17) is 19.3 Å². The monoisotopic (exact) mass is 751 g/mol. The Labute approximate surface area is 310 Å². The first-order chi connectivity index (χ1) is 24.6. The number of amides is 5. The Morgan fingerprint density at radius 2 is 1.52 bits per heavy atom. The SMILES string of the molecule is CN[C@@H](C)C(=O)N[C@H](C(=O)N1CCN(C(=O)c2c(C(=O)NCCOCCOCCNC(=O)O)c3ccc(OC)cc3n2C)CC1)C1CCCCC1.Cl. The molecule has 16 nitrogen and oxygen atoms in total. The number of nitrogens with one attached hydrogen (secondary N) is 4. The summed E-state index contributed by atoms with van der Waals surface area (Å²) in [4.78, 5) is 68.5. The number of carbonyl (C=O) groups excluding carboxylic acids is 4. The van der Waals surface area contributed by atoms with Gasteiger partial charge in [0.05, 0.1) is 50.7 Å². The minimum absolute atomic E-state index is 0. The summed E-state index contributed by atoms with van der Waals surface area (Å²) in [6.07, 6.45) is 3.83. The predicted molar refractivity (Wildman–Crippen MR) is 196 cm³/mol. The number of likely N-dealkylation sites (N-methyl/N-ethyl adjacent to an activating group) is 1. The van der Waals surface area contributed by atoms with Crippen LogP contribution in [0.2, 0.25) is 0 Å². The van der Waals surface area contributed by atoms with Crippen molar-refractivity contribution in [2.75, 3.05) is 79.9 Å². The van der Waals surface area contributed by atoms with Gasteiger partial charge in [0, 0.05) is 57.8 Å². The second kappa shape index (κ2) is 20.8. The van der Waals surface area contributed by atoms with E-state index in [0.717, 1.165) is 32.1 Å². The van der Waals surface area contributed by atoms with Crippen LogP contribution in [0, 0.1) is 5.92 Å². The highest BCUT2D eigenvalue weighted by Gasteiger charge is 2.37. The molecule has 0 bridgehead atoms. The number of methoxy groups -OCH3 is 1. The van der Waals surface area contributed by atoms with Gasteiger partial charge in [0.25, 0.3) is 11.8 Å². The molecular weight excluding hydrogens is 698 g/mol. The van der Waals surface area contributed by atoms with Gasteiger partial charge in [0.1, 0.15) is 17.5 Å². The normalized spacial score (nSPS) is 16.1. The lowest BCUT2D eigenvalue weighted by atomic mass is 9.83. The van der Waals surface area contributed by atoms with E-state index in [9.17, 15) is 24.0 Å². The van der Waals surface area contributed by atoms with Gasteiger partial charge in [0.2, 0.25) is 11.8 Å². The lowest BCUT2D eigenvalue weighted by Crippen LogP contribution is -2.59. The van der Waals surface area contributed by atoms with Gasteiger partial charge < -0.3 is 55.0 Å². The molecule has 1 saturated carbocycles. The second-order valence-corrected chi connectivity index (χ2v) is 12.9. The lowest BCUT2D eigenvalue weighted by molar-refractivity contribution is -0.140. The molecule has 2 heterocycles. The first-order valence-electron chi connectivity index (χ1n) is 17.7. The maximum Gasteiger partial charge on any atom is 0.404 e. The Bertz CT molecular complexity index is 1520. The van der Waals surface area contributed by atoms with E-state index in [0.29, 0.717) is 29.7 Å². The highest BCUT2D eigenvalue weighted by Crippen LogP contribution is 2.31. The summed E-state index contributed by atoms with van der Waals surface area (Å²) in [7, 11) is 5.00. The molecular formula is C35H54ClN7O9. The van der Waals surface area contributed by atoms with Crippen LogP contribution in [-0.2, 0) is 26.1 Å². The fourth-order valence-corrected chi connectivity index (χ4v) is 6.63. The van der Waals surface area contributed by atoms with E-state index >= 15 is 0 Å². The molecule has 1 aliphatic heterocycles. The smallest absolute Gasteiger partial charge is 0.404 e.